The van der Waals surface area contributed by atoms with Gasteiger partial charge in [-0.3, -0.25) is 9.30 Å². The van der Waals surface area contributed by atoms with Crippen LogP contribution in [0.25, 0.3) is 5.65 Å². The second kappa shape index (κ2) is 8.03. The summed E-state index contributed by atoms with van der Waals surface area (Å²) in [5.74, 6) is 0. The van der Waals surface area contributed by atoms with Crippen LogP contribution in [0.5, 0.6) is 0 Å². The topological polar surface area (TPSA) is 45.8 Å². The molecule has 0 amide bonds. The number of piperazine rings is 1. The molecule has 1 aliphatic heterocycles. The van der Waals surface area contributed by atoms with Crippen molar-refractivity contribution in [3.8, 4) is 0 Å². The second-order valence-electron chi connectivity index (χ2n) is 8.95. The molecule has 0 saturated carbocycles. The van der Waals surface area contributed by atoms with E-state index in [0.717, 1.165) is 39.1 Å². The average molecular weight is 394 g/mol. The molecule has 6 heteroatoms. The molecule has 3 heterocycles. The summed E-state index contributed by atoms with van der Waals surface area (Å²) in [4.78, 5) is 17.5. The Morgan fingerprint density at radius 3 is 2.55 bits per heavy atom. The maximum absolute atomic E-state index is 12.5. The highest BCUT2D eigenvalue weighted by Crippen LogP contribution is 2.24. The van der Waals surface area contributed by atoms with Crippen molar-refractivity contribution in [2.75, 3.05) is 37.6 Å². The lowest BCUT2D eigenvalue weighted by Crippen LogP contribution is -2.49. The van der Waals surface area contributed by atoms with E-state index in [1.807, 2.05) is 18.2 Å². The first kappa shape index (κ1) is 19.7. The lowest BCUT2D eigenvalue weighted by Gasteiger charge is -2.40. The van der Waals surface area contributed by atoms with Gasteiger partial charge in [0.1, 0.15) is 0 Å². The third-order valence-electron chi connectivity index (χ3n) is 5.88. The highest BCUT2D eigenvalue weighted by Gasteiger charge is 2.25. The normalized spacial score (nSPS) is 15.9. The Morgan fingerprint density at radius 2 is 1.83 bits per heavy atom. The Labute approximate surface area is 172 Å². The molecule has 1 fully saturated rings. The van der Waals surface area contributed by atoms with Crippen molar-refractivity contribution in [3.05, 3.63) is 64.7 Å². The molecule has 0 bridgehead atoms. The van der Waals surface area contributed by atoms with E-state index in [0.29, 0.717) is 12.2 Å². The van der Waals surface area contributed by atoms with Gasteiger partial charge in [0, 0.05) is 51.2 Å². The number of aromatic nitrogens is 3. The van der Waals surface area contributed by atoms with Gasteiger partial charge in [0.15, 0.2) is 5.65 Å². The minimum absolute atomic E-state index is 0.0526. The fourth-order valence-corrected chi connectivity index (χ4v) is 4.20. The van der Waals surface area contributed by atoms with Crippen molar-refractivity contribution in [1.82, 2.24) is 19.1 Å². The SMILES string of the molecule is Cc1cccc(N2CCN(CC(C)(C)CCn3nc4ccccn4c3=O)CC2)c1. The zero-order valence-corrected chi connectivity index (χ0v) is 17.7. The van der Waals surface area contributed by atoms with Gasteiger partial charge in [-0.25, -0.2) is 9.48 Å². The molecule has 1 saturated heterocycles. The van der Waals surface area contributed by atoms with E-state index in [-0.39, 0.29) is 11.1 Å². The maximum atomic E-state index is 12.5. The summed E-state index contributed by atoms with van der Waals surface area (Å²) < 4.78 is 3.21. The summed E-state index contributed by atoms with van der Waals surface area (Å²) >= 11 is 0. The van der Waals surface area contributed by atoms with Gasteiger partial charge in [-0.2, -0.15) is 0 Å². The second-order valence-corrected chi connectivity index (χ2v) is 8.95. The molecule has 154 valence electrons. The van der Waals surface area contributed by atoms with Gasteiger partial charge < -0.3 is 4.90 Å². The van der Waals surface area contributed by atoms with Gasteiger partial charge in [0.25, 0.3) is 0 Å². The molecule has 0 unspecified atom stereocenters. The van der Waals surface area contributed by atoms with Gasteiger partial charge in [-0.1, -0.05) is 32.0 Å². The quantitative estimate of drug-likeness (QED) is 0.646. The molecular weight excluding hydrogens is 362 g/mol. The first-order valence-electron chi connectivity index (χ1n) is 10.5. The summed E-state index contributed by atoms with van der Waals surface area (Å²) in [7, 11) is 0. The van der Waals surface area contributed by atoms with Gasteiger partial charge in [-0.05, 0) is 48.6 Å². The summed E-state index contributed by atoms with van der Waals surface area (Å²) in [6.45, 7) is 12.7. The third-order valence-corrected chi connectivity index (χ3v) is 5.88. The zero-order valence-electron chi connectivity index (χ0n) is 17.7. The van der Waals surface area contributed by atoms with E-state index in [1.165, 1.54) is 11.3 Å². The summed E-state index contributed by atoms with van der Waals surface area (Å²) in [5, 5.41) is 4.46. The predicted octanol–water partition coefficient (Wildman–Crippen LogP) is 3.04. The number of anilines is 1. The molecule has 0 N–H and O–H groups in total. The van der Waals surface area contributed by atoms with Crippen LogP contribution >= 0.6 is 0 Å². The summed E-state index contributed by atoms with van der Waals surface area (Å²) in [6, 6.07) is 14.4. The van der Waals surface area contributed by atoms with E-state index in [1.54, 1.807) is 15.3 Å². The van der Waals surface area contributed by atoms with Crippen LogP contribution < -0.4 is 10.6 Å². The highest BCUT2D eigenvalue weighted by molar-refractivity contribution is 5.48. The lowest BCUT2D eigenvalue weighted by molar-refractivity contribution is 0.155. The predicted molar refractivity (Wildman–Crippen MR) is 118 cm³/mol. The molecule has 0 radical (unpaired) electrons. The molecule has 0 atom stereocenters. The molecule has 2 aromatic heterocycles. The van der Waals surface area contributed by atoms with Crippen LogP contribution in [0.4, 0.5) is 5.69 Å². The number of aryl methyl sites for hydroxylation is 2. The zero-order chi connectivity index (χ0) is 20.4. The van der Waals surface area contributed by atoms with Crippen LogP contribution in [0.1, 0.15) is 25.8 Å². The van der Waals surface area contributed by atoms with Crippen LogP contribution in [0, 0.1) is 12.3 Å². The number of hydrogen-bond donors (Lipinski definition) is 0. The minimum atomic E-state index is -0.0526. The number of hydrogen-bond acceptors (Lipinski definition) is 4. The van der Waals surface area contributed by atoms with Crippen molar-refractivity contribution >= 4 is 11.3 Å². The first-order valence-corrected chi connectivity index (χ1v) is 10.5. The standard InChI is InChI=1S/C23H31N5O/c1-19-7-6-8-20(17-19)26-15-13-25(14-16-26)18-23(2,3)10-12-28-22(29)27-11-5-4-9-21(27)24-28/h4-9,11,17H,10,12-16,18H2,1-3H3. The van der Waals surface area contributed by atoms with Crippen LogP contribution in [0.2, 0.25) is 0 Å². The number of pyridine rings is 1. The molecule has 0 spiro atoms. The number of fused-ring (bicyclic) bond motifs is 1. The first-order chi connectivity index (χ1) is 13.9. The number of rotatable bonds is 6. The molecule has 4 rings (SSSR count). The van der Waals surface area contributed by atoms with Crippen molar-refractivity contribution < 1.29 is 0 Å². The molecular formula is C23H31N5O. The van der Waals surface area contributed by atoms with Gasteiger partial charge in [0.05, 0.1) is 0 Å². The molecule has 1 aromatic carbocycles. The Bertz CT molecular complexity index is 1030. The van der Waals surface area contributed by atoms with Gasteiger partial charge >= 0.3 is 5.69 Å². The smallest absolute Gasteiger partial charge is 0.350 e. The van der Waals surface area contributed by atoms with Crippen molar-refractivity contribution in [1.29, 1.82) is 0 Å². The van der Waals surface area contributed by atoms with Crippen molar-refractivity contribution in [3.63, 3.8) is 0 Å². The Balaban J connectivity index is 1.32. The Morgan fingerprint density at radius 1 is 1.03 bits per heavy atom. The largest absolute Gasteiger partial charge is 0.369 e. The van der Waals surface area contributed by atoms with Crippen molar-refractivity contribution in [2.45, 2.75) is 33.7 Å². The fourth-order valence-electron chi connectivity index (χ4n) is 4.20. The van der Waals surface area contributed by atoms with E-state index in [9.17, 15) is 4.79 Å². The average Bonchev–Trinajstić information content (AvgIpc) is 3.03. The van der Waals surface area contributed by atoms with Crippen LogP contribution in [0.3, 0.4) is 0 Å². The van der Waals surface area contributed by atoms with Crippen molar-refractivity contribution in [2.24, 2.45) is 5.41 Å². The van der Waals surface area contributed by atoms with Gasteiger partial charge in [0.2, 0.25) is 0 Å². The fraction of sp³-hybridized carbons (Fsp3) is 0.478. The molecule has 29 heavy (non-hydrogen) atoms. The molecule has 1 aliphatic rings. The molecule has 6 nitrogen and oxygen atoms in total. The number of benzene rings is 1. The lowest BCUT2D eigenvalue weighted by atomic mass is 9.88. The van der Waals surface area contributed by atoms with E-state index >= 15 is 0 Å². The van der Waals surface area contributed by atoms with Gasteiger partial charge in [-0.15, -0.1) is 5.10 Å². The summed E-state index contributed by atoms with van der Waals surface area (Å²) in [5.41, 5.74) is 3.43. The van der Waals surface area contributed by atoms with E-state index < -0.39 is 0 Å². The molecule has 3 aromatic rings. The Hall–Kier alpha value is -2.60. The highest BCUT2D eigenvalue weighted by atomic mass is 16.2. The van der Waals surface area contributed by atoms with Crippen LogP contribution in [-0.2, 0) is 6.54 Å². The molecule has 0 aliphatic carbocycles. The van der Waals surface area contributed by atoms with Crippen LogP contribution in [0.15, 0.2) is 53.5 Å². The monoisotopic (exact) mass is 393 g/mol. The van der Waals surface area contributed by atoms with E-state index in [4.69, 9.17) is 0 Å². The maximum Gasteiger partial charge on any atom is 0.350 e. The van der Waals surface area contributed by atoms with E-state index in [2.05, 4.69) is 59.9 Å². The number of nitrogens with zero attached hydrogens (tertiary/aromatic N) is 5. The third kappa shape index (κ3) is 4.53. The Kier molecular flexibility index (Phi) is 5.46. The minimum Gasteiger partial charge on any atom is -0.369 e. The van der Waals surface area contributed by atoms with Crippen LogP contribution in [-0.4, -0.2) is 51.8 Å². The summed E-state index contributed by atoms with van der Waals surface area (Å²) in [6.07, 6.45) is 2.70.